The molecule has 2 heteroatoms. The fourth-order valence-electron chi connectivity index (χ4n) is 1.40. The van der Waals surface area contributed by atoms with Gasteiger partial charge in [0.15, 0.2) is 0 Å². The highest BCUT2D eigenvalue weighted by Crippen LogP contribution is 2.44. The number of piperidine rings is 1. The predicted molar refractivity (Wildman–Crippen MR) is 27.6 cm³/mol. The summed E-state index contributed by atoms with van der Waals surface area (Å²) >= 11 is 0. The zero-order valence-electron chi connectivity index (χ0n) is 4.28. The van der Waals surface area contributed by atoms with Crippen molar-refractivity contribution in [3.05, 3.63) is 0 Å². The first kappa shape index (κ1) is 3.87. The Kier molecular flexibility index (Phi) is 0.474. The van der Waals surface area contributed by atoms with Gasteiger partial charge in [0.2, 0.25) is 0 Å². The van der Waals surface area contributed by atoms with Crippen molar-refractivity contribution < 1.29 is 0 Å². The van der Waals surface area contributed by atoms with E-state index >= 15 is 0 Å². The lowest BCUT2D eigenvalue weighted by atomic mass is 10.3. The maximum atomic E-state index is 5.74. The van der Waals surface area contributed by atoms with Crippen molar-refractivity contribution >= 4 is 0 Å². The van der Waals surface area contributed by atoms with E-state index in [9.17, 15) is 0 Å². The average Bonchev–Trinajstić information content (AvgIpc) is 2.09. The van der Waals surface area contributed by atoms with Gasteiger partial charge in [-0.1, -0.05) is 0 Å². The van der Waals surface area contributed by atoms with Crippen LogP contribution in [0, 0.1) is 5.92 Å². The minimum absolute atomic E-state index is 0.111. The molecule has 2 aliphatic rings. The molecule has 0 amide bonds. The van der Waals surface area contributed by atoms with Gasteiger partial charge in [-0.2, -0.15) is 0 Å². The molecule has 40 valence electrons. The molecule has 0 aromatic carbocycles. The van der Waals surface area contributed by atoms with Crippen molar-refractivity contribution in [3.63, 3.8) is 0 Å². The van der Waals surface area contributed by atoms with Crippen molar-refractivity contribution in [1.29, 1.82) is 0 Å². The highest BCUT2D eigenvalue weighted by molar-refractivity contribution is 5.09. The largest absolute Gasteiger partial charge is 0.313 e. The molecule has 1 aliphatic carbocycles. The molecule has 1 saturated carbocycles. The number of hydrogen-bond acceptors (Lipinski definition) is 2. The standard InChI is InChI=1S/C5H10N2/c6-5-3-4(5)1-2-7-5/h4,7H,1-3,6H2. The number of nitrogens with one attached hydrogen (secondary N) is 1. The molecule has 1 saturated heterocycles. The third-order valence-corrected chi connectivity index (χ3v) is 2.10. The van der Waals surface area contributed by atoms with E-state index < -0.39 is 0 Å². The second-order valence-electron chi connectivity index (χ2n) is 2.66. The normalized spacial score (nSPS) is 57.0. The molecule has 3 N–H and O–H groups in total. The van der Waals surface area contributed by atoms with E-state index in [1.807, 2.05) is 0 Å². The quantitative estimate of drug-likeness (QED) is 0.435. The minimum atomic E-state index is 0.111. The van der Waals surface area contributed by atoms with Crippen LogP contribution >= 0.6 is 0 Å². The Morgan fingerprint density at radius 2 is 2.57 bits per heavy atom. The number of fused-ring (bicyclic) bond motifs is 1. The molecule has 1 aliphatic heterocycles. The Morgan fingerprint density at radius 1 is 1.71 bits per heavy atom. The van der Waals surface area contributed by atoms with Gasteiger partial charge < -0.3 is 5.73 Å². The van der Waals surface area contributed by atoms with E-state index in [0.717, 1.165) is 12.5 Å². The van der Waals surface area contributed by atoms with Crippen LogP contribution in [0.25, 0.3) is 0 Å². The summed E-state index contributed by atoms with van der Waals surface area (Å²) in [5.41, 5.74) is 5.85. The molecule has 0 spiro atoms. The van der Waals surface area contributed by atoms with Gasteiger partial charge in [0.05, 0.1) is 5.66 Å². The van der Waals surface area contributed by atoms with Crippen molar-refractivity contribution in [3.8, 4) is 0 Å². The van der Waals surface area contributed by atoms with Crippen LogP contribution in [0.1, 0.15) is 12.8 Å². The van der Waals surface area contributed by atoms with Crippen LogP contribution in [-0.4, -0.2) is 12.2 Å². The van der Waals surface area contributed by atoms with Crippen molar-refractivity contribution in [1.82, 2.24) is 5.32 Å². The zero-order valence-corrected chi connectivity index (χ0v) is 4.28. The summed E-state index contributed by atoms with van der Waals surface area (Å²) in [6.45, 7) is 1.14. The maximum Gasteiger partial charge on any atom is 0.0696 e. The van der Waals surface area contributed by atoms with Gasteiger partial charge in [-0.15, -0.1) is 0 Å². The van der Waals surface area contributed by atoms with Gasteiger partial charge in [0.25, 0.3) is 0 Å². The molecule has 1 heterocycles. The van der Waals surface area contributed by atoms with Crippen LogP contribution in [-0.2, 0) is 0 Å². The molecular formula is C5H10N2. The molecule has 2 nitrogen and oxygen atoms in total. The number of rotatable bonds is 0. The average molecular weight is 98.1 g/mol. The van der Waals surface area contributed by atoms with Gasteiger partial charge in [-0.3, -0.25) is 5.32 Å². The topological polar surface area (TPSA) is 38.0 Å². The molecule has 0 bridgehead atoms. The lowest BCUT2D eigenvalue weighted by Crippen LogP contribution is -2.37. The van der Waals surface area contributed by atoms with Gasteiger partial charge in [0, 0.05) is 0 Å². The summed E-state index contributed by atoms with van der Waals surface area (Å²) in [6, 6.07) is 0. The Labute approximate surface area is 43.1 Å². The van der Waals surface area contributed by atoms with Crippen molar-refractivity contribution in [2.75, 3.05) is 6.54 Å². The lowest BCUT2D eigenvalue weighted by molar-refractivity contribution is 0.572. The summed E-state index contributed by atoms with van der Waals surface area (Å²) in [7, 11) is 0. The third-order valence-electron chi connectivity index (χ3n) is 2.10. The van der Waals surface area contributed by atoms with Gasteiger partial charge >= 0.3 is 0 Å². The van der Waals surface area contributed by atoms with Crippen LogP contribution in [0.15, 0.2) is 0 Å². The summed E-state index contributed by atoms with van der Waals surface area (Å²) in [6.07, 6.45) is 2.52. The van der Waals surface area contributed by atoms with Gasteiger partial charge in [0.1, 0.15) is 0 Å². The first-order valence-electron chi connectivity index (χ1n) is 2.85. The number of nitrogens with two attached hydrogens (primary N) is 1. The molecule has 2 atom stereocenters. The number of hydrogen-bond donors (Lipinski definition) is 2. The highest BCUT2D eigenvalue weighted by Gasteiger charge is 2.53. The predicted octanol–water partition coefficient (Wildman–Crippen LogP) is -0.345. The van der Waals surface area contributed by atoms with Crippen LogP contribution in [0.4, 0.5) is 0 Å². The molecule has 7 heavy (non-hydrogen) atoms. The van der Waals surface area contributed by atoms with E-state index in [4.69, 9.17) is 5.73 Å². The maximum absolute atomic E-state index is 5.74. The summed E-state index contributed by atoms with van der Waals surface area (Å²) in [5.74, 6) is 0.826. The van der Waals surface area contributed by atoms with E-state index in [-0.39, 0.29) is 5.66 Å². The Balaban J connectivity index is 2.17. The molecule has 2 rings (SSSR count). The zero-order chi connectivity index (χ0) is 4.91. The Hall–Kier alpha value is -0.0800. The van der Waals surface area contributed by atoms with Crippen molar-refractivity contribution in [2.45, 2.75) is 18.5 Å². The molecular weight excluding hydrogens is 88.1 g/mol. The van der Waals surface area contributed by atoms with Gasteiger partial charge in [-0.05, 0) is 25.3 Å². The Bertz CT molecular complexity index is 100. The van der Waals surface area contributed by atoms with Crippen LogP contribution in [0.2, 0.25) is 0 Å². The van der Waals surface area contributed by atoms with E-state index in [0.29, 0.717) is 0 Å². The molecule has 2 fully saturated rings. The molecule has 2 unspecified atom stereocenters. The van der Waals surface area contributed by atoms with Gasteiger partial charge in [-0.25, -0.2) is 0 Å². The summed E-state index contributed by atoms with van der Waals surface area (Å²) < 4.78 is 0. The highest BCUT2D eigenvalue weighted by atomic mass is 15.2. The first-order valence-corrected chi connectivity index (χ1v) is 2.85. The second kappa shape index (κ2) is 0.858. The van der Waals surface area contributed by atoms with E-state index in [1.54, 1.807) is 0 Å². The smallest absolute Gasteiger partial charge is 0.0696 e. The van der Waals surface area contributed by atoms with Crippen LogP contribution < -0.4 is 11.1 Å². The van der Waals surface area contributed by atoms with Crippen LogP contribution in [0.5, 0.6) is 0 Å². The first-order chi connectivity index (χ1) is 3.31. The minimum Gasteiger partial charge on any atom is -0.313 e. The van der Waals surface area contributed by atoms with Crippen molar-refractivity contribution in [2.24, 2.45) is 11.7 Å². The molecule has 0 aromatic rings. The molecule has 0 radical (unpaired) electrons. The Morgan fingerprint density at radius 3 is 2.71 bits per heavy atom. The SMILES string of the molecule is NC12CC1CCN2. The van der Waals surface area contributed by atoms with E-state index in [1.165, 1.54) is 12.8 Å². The summed E-state index contributed by atoms with van der Waals surface area (Å²) in [4.78, 5) is 0. The monoisotopic (exact) mass is 98.1 g/mol. The second-order valence-corrected chi connectivity index (χ2v) is 2.66. The fraction of sp³-hybridized carbons (Fsp3) is 1.00. The van der Waals surface area contributed by atoms with E-state index in [2.05, 4.69) is 5.32 Å². The third kappa shape index (κ3) is 0.359. The van der Waals surface area contributed by atoms with Crippen LogP contribution in [0.3, 0.4) is 0 Å². The lowest BCUT2D eigenvalue weighted by Gasteiger charge is -2.01. The summed E-state index contributed by atoms with van der Waals surface area (Å²) in [5, 5.41) is 3.25. The fourth-order valence-corrected chi connectivity index (χ4v) is 1.40. The molecule has 0 aromatic heterocycles.